The van der Waals surface area contributed by atoms with Crippen molar-refractivity contribution in [1.82, 2.24) is 5.32 Å². The monoisotopic (exact) mass is 175 g/mol. The van der Waals surface area contributed by atoms with Crippen molar-refractivity contribution in [2.45, 2.75) is 12.0 Å². The predicted molar refractivity (Wildman–Crippen MR) is 50.6 cm³/mol. The molecule has 1 aromatic rings. The predicted octanol–water partition coefficient (Wildman–Crippen LogP) is 1.06. The zero-order valence-corrected chi connectivity index (χ0v) is 7.55. The summed E-state index contributed by atoms with van der Waals surface area (Å²) in [5.41, 5.74) is 3.10. The second kappa shape index (κ2) is 2.56. The van der Waals surface area contributed by atoms with Gasteiger partial charge in [0.15, 0.2) is 0 Å². The van der Waals surface area contributed by atoms with Crippen LogP contribution < -0.4 is 5.32 Å². The first-order valence-electron chi connectivity index (χ1n) is 4.82. The van der Waals surface area contributed by atoms with Gasteiger partial charge in [0.1, 0.15) is 0 Å². The Morgan fingerprint density at radius 2 is 2.08 bits per heavy atom. The molecule has 13 heavy (non-hydrogen) atoms. The second-order valence-corrected chi connectivity index (χ2v) is 3.91. The number of fused-ring (bicyclic) bond motifs is 2. The summed E-state index contributed by atoms with van der Waals surface area (Å²) in [6, 6.07) is 8.70. The molecule has 0 bridgehead atoms. The van der Waals surface area contributed by atoms with Gasteiger partial charge in [0.05, 0.1) is 18.8 Å². The van der Waals surface area contributed by atoms with Gasteiger partial charge in [0, 0.05) is 6.54 Å². The Labute approximate surface area is 77.9 Å². The molecule has 0 atom stereocenters. The maximum atomic E-state index is 5.31. The molecule has 0 aromatic heterocycles. The van der Waals surface area contributed by atoms with Gasteiger partial charge in [0.2, 0.25) is 0 Å². The quantitative estimate of drug-likeness (QED) is 0.636. The lowest BCUT2D eigenvalue weighted by Crippen LogP contribution is -2.60. The Kier molecular flexibility index (Phi) is 1.49. The highest BCUT2D eigenvalue weighted by Gasteiger charge is 2.42. The van der Waals surface area contributed by atoms with Gasteiger partial charge in [-0.05, 0) is 17.5 Å². The smallest absolute Gasteiger partial charge is 0.0911 e. The highest BCUT2D eigenvalue weighted by Crippen LogP contribution is 2.34. The Hall–Kier alpha value is -0.860. The van der Waals surface area contributed by atoms with E-state index in [9.17, 15) is 0 Å². The summed E-state index contributed by atoms with van der Waals surface area (Å²) in [6.07, 6.45) is 1.15. The first kappa shape index (κ1) is 7.54. The minimum Gasteiger partial charge on any atom is -0.377 e. The third kappa shape index (κ3) is 0.960. The van der Waals surface area contributed by atoms with E-state index in [2.05, 4.69) is 29.6 Å². The minimum atomic E-state index is 0.162. The van der Waals surface area contributed by atoms with Crippen molar-refractivity contribution in [2.75, 3.05) is 19.8 Å². The van der Waals surface area contributed by atoms with Gasteiger partial charge in [-0.2, -0.15) is 0 Å². The summed E-state index contributed by atoms with van der Waals surface area (Å²) in [4.78, 5) is 0. The van der Waals surface area contributed by atoms with Crippen LogP contribution in [-0.4, -0.2) is 19.8 Å². The molecule has 1 N–H and O–H groups in total. The van der Waals surface area contributed by atoms with Crippen LogP contribution in [0.5, 0.6) is 0 Å². The molecule has 0 unspecified atom stereocenters. The Morgan fingerprint density at radius 1 is 1.23 bits per heavy atom. The van der Waals surface area contributed by atoms with E-state index in [0.717, 1.165) is 26.2 Å². The molecule has 0 radical (unpaired) electrons. The zero-order valence-electron chi connectivity index (χ0n) is 7.55. The number of benzene rings is 1. The number of rotatable bonds is 0. The van der Waals surface area contributed by atoms with Crippen LogP contribution in [0.25, 0.3) is 0 Å². The van der Waals surface area contributed by atoms with Crippen LogP contribution in [0.4, 0.5) is 0 Å². The van der Waals surface area contributed by atoms with Gasteiger partial charge in [-0.3, -0.25) is 0 Å². The van der Waals surface area contributed by atoms with Crippen molar-refractivity contribution in [2.24, 2.45) is 0 Å². The summed E-state index contributed by atoms with van der Waals surface area (Å²) >= 11 is 0. The fourth-order valence-electron chi connectivity index (χ4n) is 2.30. The highest BCUT2D eigenvalue weighted by atomic mass is 16.5. The molecule has 2 aliphatic rings. The summed E-state index contributed by atoms with van der Waals surface area (Å²) in [6.45, 7) is 2.76. The van der Waals surface area contributed by atoms with Crippen molar-refractivity contribution in [3.05, 3.63) is 35.4 Å². The first-order chi connectivity index (χ1) is 6.41. The molecule has 2 nitrogen and oxygen atoms in total. The van der Waals surface area contributed by atoms with Crippen LogP contribution in [0.3, 0.4) is 0 Å². The number of nitrogens with one attached hydrogen (secondary N) is 1. The number of hydrogen-bond acceptors (Lipinski definition) is 2. The molecular formula is C11H13NO. The van der Waals surface area contributed by atoms with Gasteiger partial charge in [-0.15, -0.1) is 0 Å². The summed E-state index contributed by atoms with van der Waals surface area (Å²) in [5.74, 6) is 0. The standard InChI is InChI=1S/C11H13NO/c1-2-4-10-9(3-1)5-6-12-11(10)7-13-8-11/h1-4,12H,5-8H2. The van der Waals surface area contributed by atoms with Gasteiger partial charge in [-0.25, -0.2) is 0 Å². The average Bonchev–Trinajstić information content (AvgIpc) is 2.14. The van der Waals surface area contributed by atoms with Crippen LogP contribution in [0.15, 0.2) is 24.3 Å². The van der Waals surface area contributed by atoms with E-state index in [-0.39, 0.29) is 5.54 Å². The maximum absolute atomic E-state index is 5.31. The molecule has 1 aromatic carbocycles. The molecule has 2 aliphatic heterocycles. The largest absolute Gasteiger partial charge is 0.377 e. The maximum Gasteiger partial charge on any atom is 0.0911 e. The van der Waals surface area contributed by atoms with E-state index >= 15 is 0 Å². The molecule has 2 heterocycles. The summed E-state index contributed by atoms with van der Waals surface area (Å²) < 4.78 is 5.31. The summed E-state index contributed by atoms with van der Waals surface area (Å²) in [7, 11) is 0. The molecule has 0 amide bonds. The lowest BCUT2D eigenvalue weighted by Gasteiger charge is -2.46. The van der Waals surface area contributed by atoms with E-state index in [1.165, 1.54) is 11.1 Å². The molecule has 0 saturated carbocycles. The molecule has 0 aliphatic carbocycles. The lowest BCUT2D eigenvalue weighted by atomic mass is 9.81. The van der Waals surface area contributed by atoms with Crippen molar-refractivity contribution in [3.8, 4) is 0 Å². The fourth-order valence-corrected chi connectivity index (χ4v) is 2.30. The van der Waals surface area contributed by atoms with Gasteiger partial charge in [0.25, 0.3) is 0 Å². The van der Waals surface area contributed by atoms with Crippen molar-refractivity contribution in [1.29, 1.82) is 0 Å². The first-order valence-corrected chi connectivity index (χ1v) is 4.82. The van der Waals surface area contributed by atoms with Crippen LogP contribution >= 0.6 is 0 Å². The molecule has 68 valence electrons. The zero-order chi connectivity index (χ0) is 8.73. The summed E-state index contributed by atoms with van der Waals surface area (Å²) in [5, 5.41) is 3.56. The van der Waals surface area contributed by atoms with Gasteiger partial charge in [-0.1, -0.05) is 24.3 Å². The molecule has 1 saturated heterocycles. The molecular weight excluding hydrogens is 162 g/mol. The van der Waals surface area contributed by atoms with E-state index in [1.807, 2.05) is 0 Å². The van der Waals surface area contributed by atoms with Crippen LogP contribution in [0.1, 0.15) is 11.1 Å². The van der Waals surface area contributed by atoms with Crippen LogP contribution in [0, 0.1) is 0 Å². The Morgan fingerprint density at radius 3 is 2.85 bits per heavy atom. The molecule has 1 fully saturated rings. The SMILES string of the molecule is c1ccc2c(c1)CCNC21COC1. The van der Waals surface area contributed by atoms with Crippen molar-refractivity contribution >= 4 is 0 Å². The minimum absolute atomic E-state index is 0.162. The third-order valence-electron chi connectivity index (χ3n) is 3.09. The van der Waals surface area contributed by atoms with E-state index in [4.69, 9.17) is 4.74 Å². The fraction of sp³-hybridized carbons (Fsp3) is 0.455. The molecule has 3 rings (SSSR count). The van der Waals surface area contributed by atoms with Crippen molar-refractivity contribution in [3.63, 3.8) is 0 Å². The second-order valence-electron chi connectivity index (χ2n) is 3.91. The van der Waals surface area contributed by atoms with E-state index in [1.54, 1.807) is 0 Å². The van der Waals surface area contributed by atoms with Gasteiger partial charge >= 0.3 is 0 Å². The van der Waals surface area contributed by atoms with Crippen LogP contribution in [0.2, 0.25) is 0 Å². The average molecular weight is 175 g/mol. The van der Waals surface area contributed by atoms with Crippen molar-refractivity contribution < 1.29 is 4.74 Å². The Balaban J connectivity index is 2.11. The van der Waals surface area contributed by atoms with E-state index in [0.29, 0.717) is 0 Å². The third-order valence-corrected chi connectivity index (χ3v) is 3.09. The van der Waals surface area contributed by atoms with Crippen LogP contribution in [-0.2, 0) is 16.7 Å². The lowest BCUT2D eigenvalue weighted by molar-refractivity contribution is -0.0814. The highest BCUT2D eigenvalue weighted by molar-refractivity contribution is 5.37. The normalized spacial score (nSPS) is 23.7. The topological polar surface area (TPSA) is 21.3 Å². The molecule has 1 spiro atoms. The van der Waals surface area contributed by atoms with E-state index < -0.39 is 0 Å². The molecule has 2 heteroatoms. The van der Waals surface area contributed by atoms with Gasteiger partial charge < -0.3 is 10.1 Å². The Bertz CT molecular complexity index is 331. The number of ether oxygens (including phenoxy) is 1. The number of hydrogen-bond donors (Lipinski definition) is 1.